The highest BCUT2D eigenvalue weighted by atomic mass is 19.1. The Kier molecular flexibility index (Phi) is 2.99. The number of benzene rings is 1. The Bertz CT molecular complexity index is 702. The van der Waals surface area contributed by atoms with Gasteiger partial charge in [-0.15, -0.1) is 10.2 Å². The lowest BCUT2D eigenvalue weighted by Gasteiger charge is -2.21. The standard InChI is InChI=1S/C16H16FN3O2/c17-11-4-6-12(7-5-11)18-14(21)16(8-9-16)15-20-19-13(22-15)10-2-1-3-10/h4-7,10H,1-3,8-9H2,(H,18,21). The van der Waals surface area contributed by atoms with Crippen molar-refractivity contribution < 1.29 is 13.6 Å². The van der Waals surface area contributed by atoms with E-state index in [0.717, 1.165) is 12.8 Å². The number of hydrogen-bond acceptors (Lipinski definition) is 4. The molecule has 0 bridgehead atoms. The predicted octanol–water partition coefficient (Wildman–Crippen LogP) is 3.15. The van der Waals surface area contributed by atoms with Gasteiger partial charge in [-0.05, 0) is 49.9 Å². The van der Waals surface area contributed by atoms with Crippen molar-refractivity contribution in [3.05, 3.63) is 41.9 Å². The first-order chi connectivity index (χ1) is 10.7. The Morgan fingerprint density at radius 3 is 2.55 bits per heavy atom. The fraction of sp³-hybridized carbons (Fsp3) is 0.438. The first-order valence-corrected chi connectivity index (χ1v) is 7.58. The third-order valence-corrected chi connectivity index (χ3v) is 4.59. The Balaban J connectivity index is 1.51. The molecule has 0 unspecified atom stereocenters. The van der Waals surface area contributed by atoms with Gasteiger partial charge in [0.2, 0.25) is 17.7 Å². The fourth-order valence-electron chi connectivity index (χ4n) is 2.70. The number of aromatic nitrogens is 2. The summed E-state index contributed by atoms with van der Waals surface area (Å²) >= 11 is 0. The molecule has 2 aliphatic carbocycles. The molecule has 2 aromatic rings. The second kappa shape index (κ2) is 4.90. The van der Waals surface area contributed by atoms with Gasteiger partial charge >= 0.3 is 0 Å². The van der Waals surface area contributed by atoms with Gasteiger partial charge < -0.3 is 9.73 Å². The van der Waals surface area contributed by atoms with Gasteiger partial charge in [-0.1, -0.05) is 6.42 Å². The molecule has 1 aromatic carbocycles. The van der Waals surface area contributed by atoms with Gasteiger partial charge in [-0.25, -0.2) is 4.39 Å². The van der Waals surface area contributed by atoms with E-state index in [-0.39, 0.29) is 11.7 Å². The minimum Gasteiger partial charge on any atom is -0.424 e. The van der Waals surface area contributed by atoms with Gasteiger partial charge in [0.25, 0.3) is 0 Å². The molecule has 0 radical (unpaired) electrons. The van der Waals surface area contributed by atoms with E-state index < -0.39 is 5.41 Å². The lowest BCUT2D eigenvalue weighted by Crippen LogP contribution is -2.28. The minimum absolute atomic E-state index is 0.164. The first kappa shape index (κ1) is 13.4. The second-order valence-electron chi connectivity index (χ2n) is 6.12. The van der Waals surface area contributed by atoms with Crippen LogP contribution >= 0.6 is 0 Å². The quantitative estimate of drug-likeness (QED) is 0.942. The van der Waals surface area contributed by atoms with Crippen LogP contribution in [-0.2, 0) is 10.2 Å². The maximum Gasteiger partial charge on any atom is 0.240 e. The molecule has 2 fully saturated rings. The van der Waals surface area contributed by atoms with Gasteiger partial charge in [0.1, 0.15) is 11.2 Å². The SMILES string of the molecule is O=C(Nc1ccc(F)cc1)C1(c2nnc(C3CCC3)o2)CC1. The van der Waals surface area contributed by atoms with Crippen molar-refractivity contribution in [2.45, 2.75) is 43.4 Å². The minimum atomic E-state index is -0.705. The van der Waals surface area contributed by atoms with Crippen LogP contribution < -0.4 is 5.32 Å². The van der Waals surface area contributed by atoms with Crippen LogP contribution in [0, 0.1) is 5.82 Å². The van der Waals surface area contributed by atoms with Crippen LogP contribution in [0.5, 0.6) is 0 Å². The second-order valence-corrected chi connectivity index (χ2v) is 6.12. The van der Waals surface area contributed by atoms with E-state index in [0.29, 0.717) is 36.2 Å². The Labute approximate surface area is 126 Å². The summed E-state index contributed by atoms with van der Waals surface area (Å²) in [4.78, 5) is 12.5. The lowest BCUT2D eigenvalue weighted by atomic mass is 9.85. The molecule has 0 atom stereocenters. The monoisotopic (exact) mass is 301 g/mol. The number of rotatable bonds is 4. The summed E-state index contributed by atoms with van der Waals surface area (Å²) in [6, 6.07) is 5.71. The maximum absolute atomic E-state index is 12.9. The molecule has 5 nitrogen and oxygen atoms in total. The number of halogens is 1. The lowest BCUT2D eigenvalue weighted by molar-refractivity contribution is -0.119. The van der Waals surface area contributed by atoms with Crippen molar-refractivity contribution in [3.63, 3.8) is 0 Å². The maximum atomic E-state index is 12.9. The summed E-state index contributed by atoms with van der Waals surface area (Å²) in [7, 11) is 0. The summed E-state index contributed by atoms with van der Waals surface area (Å²) in [5.41, 5.74) is -0.139. The van der Waals surface area contributed by atoms with Crippen molar-refractivity contribution in [2.75, 3.05) is 5.32 Å². The van der Waals surface area contributed by atoms with Gasteiger partial charge in [0, 0.05) is 11.6 Å². The number of carbonyl (C=O) groups is 1. The number of anilines is 1. The summed E-state index contributed by atoms with van der Waals surface area (Å²) in [5, 5.41) is 11.0. The average Bonchev–Trinajstić information content (AvgIpc) is 3.14. The number of nitrogens with zero attached hydrogens (tertiary/aromatic N) is 2. The summed E-state index contributed by atoms with van der Waals surface area (Å²) < 4.78 is 18.7. The van der Waals surface area contributed by atoms with Crippen molar-refractivity contribution >= 4 is 11.6 Å². The molecule has 1 heterocycles. The van der Waals surface area contributed by atoms with E-state index in [2.05, 4.69) is 15.5 Å². The highest BCUT2D eigenvalue weighted by Gasteiger charge is 2.56. The topological polar surface area (TPSA) is 68.0 Å². The highest BCUT2D eigenvalue weighted by molar-refractivity contribution is 6.00. The van der Waals surface area contributed by atoms with Crippen LogP contribution in [-0.4, -0.2) is 16.1 Å². The smallest absolute Gasteiger partial charge is 0.240 e. The molecule has 2 saturated carbocycles. The molecule has 0 saturated heterocycles. The van der Waals surface area contributed by atoms with Gasteiger partial charge in [-0.2, -0.15) is 0 Å². The molecule has 22 heavy (non-hydrogen) atoms. The van der Waals surface area contributed by atoms with Crippen LogP contribution in [0.4, 0.5) is 10.1 Å². The largest absolute Gasteiger partial charge is 0.424 e. The van der Waals surface area contributed by atoms with Crippen LogP contribution in [0.1, 0.15) is 49.8 Å². The summed E-state index contributed by atoms with van der Waals surface area (Å²) in [6.07, 6.45) is 4.75. The van der Waals surface area contributed by atoms with Crippen LogP contribution in [0.25, 0.3) is 0 Å². The Morgan fingerprint density at radius 2 is 1.95 bits per heavy atom. The Morgan fingerprint density at radius 1 is 1.23 bits per heavy atom. The number of amides is 1. The number of hydrogen-bond donors (Lipinski definition) is 1. The van der Waals surface area contributed by atoms with E-state index in [4.69, 9.17) is 4.42 Å². The molecule has 2 aliphatic rings. The van der Waals surface area contributed by atoms with Crippen LogP contribution in [0.3, 0.4) is 0 Å². The molecule has 114 valence electrons. The van der Waals surface area contributed by atoms with Crippen molar-refractivity contribution in [1.82, 2.24) is 10.2 Å². The van der Waals surface area contributed by atoms with Crippen LogP contribution in [0.2, 0.25) is 0 Å². The molecule has 0 aliphatic heterocycles. The van der Waals surface area contributed by atoms with Crippen LogP contribution in [0.15, 0.2) is 28.7 Å². The van der Waals surface area contributed by atoms with E-state index in [1.807, 2.05) is 0 Å². The fourth-order valence-corrected chi connectivity index (χ4v) is 2.70. The molecule has 6 heteroatoms. The molecule has 1 aromatic heterocycles. The van der Waals surface area contributed by atoms with Crippen molar-refractivity contribution in [3.8, 4) is 0 Å². The highest BCUT2D eigenvalue weighted by Crippen LogP contribution is 2.49. The van der Waals surface area contributed by atoms with E-state index >= 15 is 0 Å². The number of nitrogens with one attached hydrogen (secondary N) is 1. The van der Waals surface area contributed by atoms with E-state index in [1.54, 1.807) is 0 Å². The zero-order chi connectivity index (χ0) is 15.2. The Hall–Kier alpha value is -2.24. The molecule has 4 rings (SSSR count). The molecule has 1 amide bonds. The zero-order valence-electron chi connectivity index (χ0n) is 12.0. The molecule has 1 N–H and O–H groups in total. The van der Waals surface area contributed by atoms with Gasteiger partial charge in [-0.3, -0.25) is 4.79 Å². The predicted molar refractivity (Wildman–Crippen MR) is 76.8 cm³/mol. The van der Waals surface area contributed by atoms with Crippen molar-refractivity contribution in [1.29, 1.82) is 0 Å². The van der Waals surface area contributed by atoms with E-state index in [9.17, 15) is 9.18 Å². The molecule has 0 spiro atoms. The third kappa shape index (κ3) is 2.19. The first-order valence-electron chi connectivity index (χ1n) is 7.58. The van der Waals surface area contributed by atoms with Gasteiger partial charge in [0.15, 0.2) is 0 Å². The molecular weight excluding hydrogens is 285 g/mol. The summed E-state index contributed by atoms with van der Waals surface area (Å²) in [5.74, 6) is 0.928. The number of carbonyl (C=O) groups excluding carboxylic acids is 1. The normalized spacial score (nSPS) is 19.5. The van der Waals surface area contributed by atoms with Gasteiger partial charge in [0.05, 0.1) is 0 Å². The van der Waals surface area contributed by atoms with E-state index in [1.165, 1.54) is 30.7 Å². The third-order valence-electron chi connectivity index (χ3n) is 4.59. The average molecular weight is 301 g/mol. The van der Waals surface area contributed by atoms with Crippen molar-refractivity contribution in [2.24, 2.45) is 0 Å². The summed E-state index contributed by atoms with van der Waals surface area (Å²) in [6.45, 7) is 0. The zero-order valence-corrected chi connectivity index (χ0v) is 12.0. The molecular formula is C16H16FN3O2.